The standard InChI is InChI=1S/C14H17N3O4S3/c1-20-11-4-3-10(6-12(11)21-2)24(18,19)17-8-23-9-5-13(14(15)16)22-7-9/h3-7,17H,8H2,1-2H3,(H3,15,16). The second kappa shape index (κ2) is 7.88. The number of ether oxygens (including phenoxy) is 2. The van der Waals surface area contributed by atoms with Crippen molar-refractivity contribution < 1.29 is 17.9 Å². The molecule has 10 heteroatoms. The monoisotopic (exact) mass is 387 g/mol. The van der Waals surface area contributed by atoms with Gasteiger partial charge in [0.05, 0.1) is 29.9 Å². The Labute approximate surface area is 148 Å². The lowest BCUT2D eigenvalue weighted by molar-refractivity contribution is 0.354. The van der Waals surface area contributed by atoms with Crippen LogP contribution in [0.5, 0.6) is 11.5 Å². The van der Waals surface area contributed by atoms with Gasteiger partial charge in [-0.3, -0.25) is 5.41 Å². The summed E-state index contributed by atoms with van der Waals surface area (Å²) in [6, 6.07) is 6.15. The largest absolute Gasteiger partial charge is 0.493 e. The van der Waals surface area contributed by atoms with Crippen LogP contribution in [0, 0.1) is 5.41 Å². The highest BCUT2D eigenvalue weighted by Gasteiger charge is 2.17. The van der Waals surface area contributed by atoms with Crippen LogP contribution in [0.4, 0.5) is 0 Å². The first-order chi connectivity index (χ1) is 11.4. The Morgan fingerprint density at radius 1 is 1.29 bits per heavy atom. The number of hydrogen-bond donors (Lipinski definition) is 3. The zero-order valence-corrected chi connectivity index (χ0v) is 15.5. The smallest absolute Gasteiger partial charge is 0.241 e. The number of rotatable bonds is 8. The van der Waals surface area contributed by atoms with Crippen molar-refractivity contribution in [2.24, 2.45) is 5.73 Å². The van der Waals surface area contributed by atoms with Gasteiger partial charge in [-0.2, -0.15) is 0 Å². The molecule has 4 N–H and O–H groups in total. The van der Waals surface area contributed by atoms with Gasteiger partial charge in [-0.05, 0) is 18.2 Å². The van der Waals surface area contributed by atoms with Crippen molar-refractivity contribution >= 4 is 39.0 Å². The van der Waals surface area contributed by atoms with E-state index in [1.165, 1.54) is 49.5 Å². The molecule has 2 aromatic rings. The van der Waals surface area contributed by atoms with Crippen molar-refractivity contribution in [3.63, 3.8) is 0 Å². The van der Waals surface area contributed by atoms with Gasteiger partial charge in [0.15, 0.2) is 11.5 Å². The fourth-order valence-electron chi connectivity index (χ4n) is 1.79. The van der Waals surface area contributed by atoms with E-state index < -0.39 is 10.0 Å². The molecule has 0 radical (unpaired) electrons. The average molecular weight is 388 g/mol. The van der Waals surface area contributed by atoms with Crippen LogP contribution in [-0.4, -0.2) is 34.3 Å². The zero-order valence-electron chi connectivity index (χ0n) is 13.0. The summed E-state index contributed by atoms with van der Waals surface area (Å²) in [5, 5.41) is 9.18. The molecular weight excluding hydrogens is 370 g/mol. The van der Waals surface area contributed by atoms with Crippen LogP contribution in [0.1, 0.15) is 4.88 Å². The third-order valence-electron chi connectivity index (χ3n) is 2.99. The van der Waals surface area contributed by atoms with E-state index in [1.807, 2.05) is 5.38 Å². The van der Waals surface area contributed by atoms with Crippen molar-refractivity contribution in [3.8, 4) is 11.5 Å². The Morgan fingerprint density at radius 2 is 2.00 bits per heavy atom. The maximum Gasteiger partial charge on any atom is 0.241 e. The summed E-state index contributed by atoms with van der Waals surface area (Å²) in [6.45, 7) is 0. The van der Waals surface area contributed by atoms with Crippen LogP contribution in [-0.2, 0) is 10.0 Å². The predicted octanol–water partition coefficient (Wildman–Crippen LogP) is 2.08. The molecule has 0 unspecified atom stereocenters. The first kappa shape index (κ1) is 18.6. The van der Waals surface area contributed by atoms with Crippen molar-refractivity contribution in [3.05, 3.63) is 34.5 Å². The fraction of sp³-hybridized carbons (Fsp3) is 0.214. The lowest BCUT2D eigenvalue weighted by Gasteiger charge is -2.10. The SMILES string of the molecule is COc1ccc(S(=O)(=O)NCSc2csc(C(=N)N)c2)cc1OC. The van der Waals surface area contributed by atoms with Gasteiger partial charge in [0, 0.05) is 16.3 Å². The molecule has 130 valence electrons. The number of hydrogen-bond acceptors (Lipinski definition) is 7. The predicted molar refractivity (Wildman–Crippen MR) is 95.9 cm³/mol. The summed E-state index contributed by atoms with van der Waals surface area (Å²) >= 11 is 2.65. The van der Waals surface area contributed by atoms with E-state index in [0.717, 1.165) is 4.90 Å². The molecule has 0 amide bonds. The van der Waals surface area contributed by atoms with Crippen LogP contribution < -0.4 is 19.9 Å². The van der Waals surface area contributed by atoms with Crippen LogP contribution in [0.2, 0.25) is 0 Å². The quantitative estimate of drug-likeness (QED) is 0.276. The number of nitrogen functional groups attached to an aromatic ring is 1. The normalized spacial score (nSPS) is 11.2. The van der Waals surface area contributed by atoms with Gasteiger partial charge in [0.1, 0.15) is 5.84 Å². The molecule has 0 spiro atoms. The highest BCUT2D eigenvalue weighted by molar-refractivity contribution is 8.00. The molecule has 24 heavy (non-hydrogen) atoms. The average Bonchev–Trinajstić information content (AvgIpc) is 3.03. The minimum atomic E-state index is -3.67. The van der Waals surface area contributed by atoms with Crippen LogP contribution in [0.25, 0.3) is 0 Å². The molecule has 0 saturated heterocycles. The van der Waals surface area contributed by atoms with E-state index in [1.54, 1.807) is 12.1 Å². The Morgan fingerprint density at radius 3 is 2.58 bits per heavy atom. The molecule has 1 aromatic heterocycles. The minimum absolute atomic E-state index is 0.00208. The van der Waals surface area contributed by atoms with Crippen molar-refractivity contribution in [1.29, 1.82) is 5.41 Å². The van der Waals surface area contributed by atoms with E-state index in [4.69, 9.17) is 20.6 Å². The fourth-order valence-corrected chi connectivity index (χ4v) is 4.82. The van der Waals surface area contributed by atoms with Gasteiger partial charge in [-0.1, -0.05) is 0 Å². The van der Waals surface area contributed by atoms with Crippen molar-refractivity contribution in [1.82, 2.24) is 4.72 Å². The summed E-state index contributed by atoms with van der Waals surface area (Å²) in [5.41, 5.74) is 5.40. The van der Waals surface area contributed by atoms with Gasteiger partial charge in [-0.25, -0.2) is 13.1 Å². The van der Waals surface area contributed by atoms with E-state index in [2.05, 4.69) is 4.72 Å². The van der Waals surface area contributed by atoms with Crippen molar-refractivity contribution in [2.45, 2.75) is 9.79 Å². The minimum Gasteiger partial charge on any atom is -0.493 e. The molecule has 0 aliphatic heterocycles. The van der Waals surface area contributed by atoms with Crippen LogP contribution >= 0.6 is 23.1 Å². The number of thiophene rings is 1. The van der Waals surface area contributed by atoms with E-state index in [9.17, 15) is 8.42 Å². The Bertz CT molecular complexity index is 834. The van der Waals surface area contributed by atoms with Crippen LogP contribution in [0.3, 0.4) is 0 Å². The lowest BCUT2D eigenvalue weighted by atomic mass is 10.3. The maximum atomic E-state index is 12.3. The van der Waals surface area contributed by atoms with Gasteiger partial charge in [-0.15, -0.1) is 23.1 Å². The van der Waals surface area contributed by atoms with Crippen LogP contribution in [0.15, 0.2) is 39.4 Å². The third kappa shape index (κ3) is 4.41. The molecule has 2 rings (SSSR count). The lowest BCUT2D eigenvalue weighted by Crippen LogP contribution is -2.23. The van der Waals surface area contributed by atoms with Gasteiger partial charge in [0.2, 0.25) is 10.0 Å². The number of nitrogens with one attached hydrogen (secondary N) is 2. The highest BCUT2D eigenvalue weighted by atomic mass is 32.2. The topological polar surface area (TPSA) is 114 Å². The number of amidine groups is 1. The maximum absolute atomic E-state index is 12.3. The summed E-state index contributed by atoms with van der Waals surface area (Å²) in [4.78, 5) is 1.59. The number of benzene rings is 1. The molecule has 0 saturated carbocycles. The summed E-state index contributed by atoms with van der Waals surface area (Å²) in [5.74, 6) is 0.959. The zero-order chi connectivity index (χ0) is 17.7. The van der Waals surface area contributed by atoms with Crippen molar-refractivity contribution in [2.75, 3.05) is 20.1 Å². The Hall–Kier alpha value is -1.75. The molecular formula is C14H17N3O4S3. The van der Waals surface area contributed by atoms with E-state index >= 15 is 0 Å². The van der Waals surface area contributed by atoms with Gasteiger partial charge in [0.25, 0.3) is 0 Å². The molecule has 1 heterocycles. The molecule has 0 bridgehead atoms. The summed E-state index contributed by atoms with van der Waals surface area (Å²) in [7, 11) is -0.739. The molecule has 0 aliphatic carbocycles. The number of nitrogens with two attached hydrogens (primary N) is 1. The number of sulfonamides is 1. The summed E-state index contributed by atoms with van der Waals surface area (Å²) < 4.78 is 37.4. The second-order valence-electron chi connectivity index (χ2n) is 4.51. The summed E-state index contributed by atoms with van der Waals surface area (Å²) in [6.07, 6.45) is 0. The number of thioether (sulfide) groups is 1. The molecule has 0 fully saturated rings. The number of methoxy groups -OCH3 is 2. The van der Waals surface area contributed by atoms with E-state index in [-0.39, 0.29) is 16.6 Å². The van der Waals surface area contributed by atoms with Gasteiger partial charge < -0.3 is 15.2 Å². The molecule has 0 atom stereocenters. The molecule has 7 nitrogen and oxygen atoms in total. The first-order valence-electron chi connectivity index (χ1n) is 6.65. The van der Waals surface area contributed by atoms with E-state index in [0.29, 0.717) is 16.4 Å². The highest BCUT2D eigenvalue weighted by Crippen LogP contribution is 2.29. The Balaban J connectivity index is 2.04. The third-order valence-corrected chi connectivity index (χ3v) is 6.55. The Kier molecular flexibility index (Phi) is 6.10. The molecule has 0 aliphatic rings. The first-order valence-corrected chi connectivity index (χ1v) is 9.99. The van der Waals surface area contributed by atoms with Gasteiger partial charge >= 0.3 is 0 Å². The second-order valence-corrected chi connectivity index (χ2v) is 8.24. The molecule has 1 aromatic carbocycles.